The third-order valence-corrected chi connectivity index (χ3v) is 3.36. The van der Waals surface area contributed by atoms with E-state index in [0.717, 1.165) is 11.2 Å². The zero-order valence-corrected chi connectivity index (χ0v) is 11.3. The highest BCUT2D eigenvalue weighted by molar-refractivity contribution is 6.32. The highest BCUT2D eigenvalue weighted by Gasteiger charge is 2.14. The minimum absolute atomic E-state index is 0.114. The number of nitro benzene ring substituents is 1. The van der Waals surface area contributed by atoms with E-state index in [1.807, 2.05) is 35.9 Å². The summed E-state index contributed by atoms with van der Waals surface area (Å²) in [4.78, 5) is 14.9. The van der Waals surface area contributed by atoms with Crippen molar-refractivity contribution in [3.8, 4) is 11.3 Å². The van der Waals surface area contributed by atoms with Gasteiger partial charge in [0.05, 0.1) is 10.6 Å². The number of benzene rings is 1. The van der Waals surface area contributed by atoms with E-state index in [1.54, 1.807) is 6.07 Å². The molecule has 0 N–H and O–H groups in total. The largest absolute Gasteiger partial charge is 0.306 e. The van der Waals surface area contributed by atoms with E-state index in [0.29, 0.717) is 11.3 Å². The number of halogens is 1. The molecular formula is C14H10ClN3O2. The Morgan fingerprint density at radius 2 is 2.05 bits per heavy atom. The van der Waals surface area contributed by atoms with E-state index in [1.165, 1.54) is 12.1 Å². The number of hydrogen-bond donors (Lipinski definition) is 0. The van der Waals surface area contributed by atoms with E-state index in [-0.39, 0.29) is 10.7 Å². The number of aromatic nitrogens is 2. The smallest absolute Gasteiger partial charge is 0.288 e. The van der Waals surface area contributed by atoms with Crippen LogP contribution in [0.3, 0.4) is 0 Å². The molecule has 6 heteroatoms. The Kier molecular flexibility index (Phi) is 2.91. The molecule has 0 saturated heterocycles. The normalized spacial score (nSPS) is 10.9. The number of pyridine rings is 1. The molecule has 3 aromatic rings. The molecule has 3 rings (SSSR count). The first-order chi connectivity index (χ1) is 9.54. The van der Waals surface area contributed by atoms with Crippen LogP contribution >= 0.6 is 11.6 Å². The van der Waals surface area contributed by atoms with E-state index in [4.69, 9.17) is 11.6 Å². The molecule has 0 spiro atoms. The quantitative estimate of drug-likeness (QED) is 0.531. The molecule has 0 atom stereocenters. The monoisotopic (exact) mass is 287 g/mol. The molecule has 0 radical (unpaired) electrons. The molecule has 0 fully saturated rings. The van der Waals surface area contributed by atoms with Crippen molar-refractivity contribution in [3.05, 3.63) is 63.4 Å². The predicted molar refractivity (Wildman–Crippen MR) is 77.0 cm³/mol. The van der Waals surface area contributed by atoms with Crippen molar-refractivity contribution < 1.29 is 4.92 Å². The van der Waals surface area contributed by atoms with E-state index >= 15 is 0 Å². The highest BCUT2D eigenvalue weighted by atomic mass is 35.5. The van der Waals surface area contributed by atoms with Gasteiger partial charge in [0.25, 0.3) is 5.69 Å². The summed E-state index contributed by atoms with van der Waals surface area (Å²) in [5.74, 6) is 0. The fraction of sp³-hybridized carbons (Fsp3) is 0.0714. The minimum Gasteiger partial charge on any atom is -0.306 e. The van der Waals surface area contributed by atoms with Crippen molar-refractivity contribution in [1.29, 1.82) is 0 Å². The van der Waals surface area contributed by atoms with Crippen LogP contribution in [-0.2, 0) is 0 Å². The summed E-state index contributed by atoms with van der Waals surface area (Å²) in [5, 5.41) is 11.0. The van der Waals surface area contributed by atoms with Crippen LogP contribution in [0.1, 0.15) is 5.56 Å². The molecule has 0 amide bonds. The Balaban J connectivity index is 2.15. The lowest BCUT2D eigenvalue weighted by atomic mass is 10.1. The van der Waals surface area contributed by atoms with Gasteiger partial charge >= 0.3 is 0 Å². The van der Waals surface area contributed by atoms with Gasteiger partial charge in [-0.05, 0) is 24.6 Å². The number of nitro groups is 1. The van der Waals surface area contributed by atoms with Gasteiger partial charge in [-0.1, -0.05) is 23.7 Å². The van der Waals surface area contributed by atoms with Gasteiger partial charge in [-0.25, -0.2) is 4.98 Å². The SMILES string of the molecule is Cc1ccc2nc(-c3ccc(Cl)c([N+](=O)[O-])c3)cn2c1. The summed E-state index contributed by atoms with van der Waals surface area (Å²) in [6.07, 6.45) is 3.80. The Labute approximate surface area is 119 Å². The van der Waals surface area contributed by atoms with Crippen molar-refractivity contribution in [1.82, 2.24) is 9.38 Å². The second-order valence-electron chi connectivity index (χ2n) is 4.52. The highest BCUT2D eigenvalue weighted by Crippen LogP contribution is 2.30. The van der Waals surface area contributed by atoms with Crippen LogP contribution in [0.15, 0.2) is 42.7 Å². The van der Waals surface area contributed by atoms with Crippen molar-refractivity contribution in [2.24, 2.45) is 0 Å². The Bertz CT molecular complexity index is 826. The third kappa shape index (κ3) is 2.12. The number of fused-ring (bicyclic) bond motifs is 1. The molecule has 2 aromatic heterocycles. The lowest BCUT2D eigenvalue weighted by molar-refractivity contribution is -0.384. The summed E-state index contributed by atoms with van der Waals surface area (Å²) >= 11 is 5.81. The van der Waals surface area contributed by atoms with Gasteiger partial charge in [0.15, 0.2) is 0 Å². The van der Waals surface area contributed by atoms with E-state index in [9.17, 15) is 10.1 Å². The lowest BCUT2D eigenvalue weighted by Gasteiger charge is -1.98. The zero-order valence-electron chi connectivity index (χ0n) is 10.6. The summed E-state index contributed by atoms with van der Waals surface area (Å²) in [6, 6.07) is 8.56. The van der Waals surface area contributed by atoms with Crippen molar-refractivity contribution in [3.63, 3.8) is 0 Å². The number of aryl methyl sites for hydroxylation is 1. The standard InChI is InChI=1S/C14H10ClN3O2/c1-9-2-5-14-16-12(8-17(14)7-9)10-3-4-11(15)13(6-10)18(19)20/h2-8H,1H3. The zero-order chi connectivity index (χ0) is 14.3. The third-order valence-electron chi connectivity index (χ3n) is 3.04. The molecule has 1 aromatic carbocycles. The van der Waals surface area contributed by atoms with Crippen LogP contribution < -0.4 is 0 Å². The van der Waals surface area contributed by atoms with E-state index in [2.05, 4.69) is 4.98 Å². The van der Waals surface area contributed by atoms with Crippen molar-refractivity contribution >= 4 is 22.9 Å². The van der Waals surface area contributed by atoms with Gasteiger partial charge in [0.1, 0.15) is 10.7 Å². The van der Waals surface area contributed by atoms with Crippen LogP contribution in [0.4, 0.5) is 5.69 Å². The molecule has 5 nitrogen and oxygen atoms in total. The molecular weight excluding hydrogens is 278 g/mol. The topological polar surface area (TPSA) is 60.4 Å². The molecule has 0 aliphatic heterocycles. The minimum atomic E-state index is -0.494. The first-order valence-electron chi connectivity index (χ1n) is 5.94. The number of imidazole rings is 1. The molecule has 100 valence electrons. The van der Waals surface area contributed by atoms with Crippen LogP contribution in [0.2, 0.25) is 5.02 Å². The first-order valence-corrected chi connectivity index (χ1v) is 6.32. The average molecular weight is 288 g/mol. The van der Waals surface area contributed by atoms with Crippen molar-refractivity contribution in [2.75, 3.05) is 0 Å². The molecule has 20 heavy (non-hydrogen) atoms. The summed E-state index contributed by atoms with van der Waals surface area (Å²) in [7, 11) is 0. The van der Waals surface area contributed by atoms with Gasteiger partial charge in [-0.2, -0.15) is 0 Å². The average Bonchev–Trinajstić information content (AvgIpc) is 2.81. The van der Waals surface area contributed by atoms with Crippen LogP contribution in [-0.4, -0.2) is 14.3 Å². The maximum atomic E-state index is 10.9. The Hall–Kier alpha value is -2.40. The molecule has 0 unspecified atom stereocenters. The summed E-state index contributed by atoms with van der Waals surface area (Å²) in [6.45, 7) is 1.99. The van der Waals surface area contributed by atoms with Gasteiger partial charge in [-0.3, -0.25) is 10.1 Å². The molecule has 0 aliphatic carbocycles. The molecule has 0 bridgehead atoms. The summed E-state index contributed by atoms with van der Waals surface area (Å²) in [5.41, 5.74) is 3.14. The van der Waals surface area contributed by atoms with Gasteiger partial charge in [0.2, 0.25) is 0 Å². The predicted octanol–water partition coefficient (Wildman–Crippen LogP) is 3.87. The summed E-state index contributed by atoms with van der Waals surface area (Å²) < 4.78 is 1.89. The Morgan fingerprint density at radius 3 is 2.80 bits per heavy atom. The van der Waals surface area contributed by atoms with Crippen LogP contribution in [0.5, 0.6) is 0 Å². The molecule has 2 heterocycles. The number of hydrogen-bond acceptors (Lipinski definition) is 3. The second kappa shape index (κ2) is 4.61. The van der Waals surface area contributed by atoms with Crippen LogP contribution in [0.25, 0.3) is 16.9 Å². The van der Waals surface area contributed by atoms with Gasteiger partial charge in [0, 0.05) is 24.0 Å². The fourth-order valence-corrected chi connectivity index (χ4v) is 2.24. The fourth-order valence-electron chi connectivity index (χ4n) is 2.05. The number of nitrogens with zero attached hydrogens (tertiary/aromatic N) is 3. The molecule has 0 aliphatic rings. The van der Waals surface area contributed by atoms with Gasteiger partial charge in [-0.15, -0.1) is 0 Å². The lowest BCUT2D eigenvalue weighted by Crippen LogP contribution is -1.89. The maximum Gasteiger partial charge on any atom is 0.288 e. The van der Waals surface area contributed by atoms with E-state index < -0.39 is 4.92 Å². The number of rotatable bonds is 2. The first kappa shape index (κ1) is 12.6. The molecule has 0 saturated carbocycles. The second-order valence-corrected chi connectivity index (χ2v) is 4.93. The van der Waals surface area contributed by atoms with Crippen molar-refractivity contribution in [2.45, 2.75) is 6.92 Å². The maximum absolute atomic E-state index is 10.9. The van der Waals surface area contributed by atoms with Crippen LogP contribution in [0, 0.1) is 17.0 Å². The van der Waals surface area contributed by atoms with Gasteiger partial charge < -0.3 is 4.40 Å². The Morgan fingerprint density at radius 1 is 1.25 bits per heavy atom.